The summed E-state index contributed by atoms with van der Waals surface area (Å²) in [5.74, 6) is 7.94. The first-order valence-electron chi connectivity index (χ1n) is 8.82. The number of rotatable bonds is 7. The largest absolute Gasteiger partial charge is 0.469 e. The molecule has 1 atom stereocenters. The molecule has 0 bridgehead atoms. The number of aryl methyl sites for hydroxylation is 1. The number of hydrogen-bond donors (Lipinski definition) is 0. The van der Waals surface area contributed by atoms with Crippen LogP contribution in [0.25, 0.3) is 0 Å². The maximum atomic E-state index is 6.08. The molecule has 1 unspecified atom stereocenters. The molecule has 2 nitrogen and oxygen atoms in total. The van der Waals surface area contributed by atoms with Crippen LogP contribution < -0.4 is 0 Å². The minimum atomic E-state index is -1.68. The molecule has 1 rings (SSSR count). The first-order valence-corrected chi connectivity index (χ1v) is 11.7. The van der Waals surface area contributed by atoms with Crippen LogP contribution in [0.5, 0.6) is 0 Å². The van der Waals surface area contributed by atoms with E-state index in [9.17, 15) is 0 Å². The van der Waals surface area contributed by atoms with Gasteiger partial charge in [-0.15, -0.1) is 5.92 Å². The van der Waals surface area contributed by atoms with Crippen LogP contribution >= 0.6 is 0 Å². The van der Waals surface area contributed by atoms with Gasteiger partial charge in [-0.25, -0.2) is 0 Å². The third-order valence-electron chi connectivity index (χ3n) is 5.15. The maximum Gasteiger partial charge on any atom is 0.193 e. The van der Waals surface area contributed by atoms with Gasteiger partial charge in [-0.2, -0.15) is 0 Å². The Hall–Kier alpha value is -1.24. The van der Waals surface area contributed by atoms with E-state index in [0.29, 0.717) is 12.5 Å². The van der Waals surface area contributed by atoms with Crippen molar-refractivity contribution in [3.63, 3.8) is 0 Å². The fourth-order valence-corrected chi connectivity index (χ4v) is 3.04. The van der Waals surface area contributed by atoms with Crippen LogP contribution in [-0.4, -0.2) is 14.9 Å². The van der Waals surface area contributed by atoms with Crippen molar-refractivity contribution in [2.45, 2.75) is 72.0 Å². The molecule has 0 saturated carbocycles. The maximum absolute atomic E-state index is 6.08. The molecular weight excluding hydrogens is 312 g/mol. The van der Waals surface area contributed by atoms with E-state index in [0.717, 1.165) is 25.0 Å². The predicted molar refractivity (Wildman–Crippen MR) is 106 cm³/mol. The minimum absolute atomic E-state index is 0.237. The summed E-state index contributed by atoms with van der Waals surface area (Å²) >= 11 is 0. The second kappa shape index (κ2) is 8.74. The van der Waals surface area contributed by atoms with Crippen molar-refractivity contribution in [2.75, 3.05) is 6.61 Å². The Morgan fingerprint density at radius 1 is 1.33 bits per heavy atom. The zero-order valence-corrected chi connectivity index (χ0v) is 17.6. The monoisotopic (exact) mass is 346 g/mol. The molecule has 1 heterocycles. The molecule has 0 aliphatic carbocycles. The van der Waals surface area contributed by atoms with Crippen molar-refractivity contribution < 1.29 is 8.84 Å². The van der Waals surface area contributed by atoms with E-state index in [1.807, 2.05) is 6.07 Å². The SMILES string of the molecule is C=C(C)C(CCC#CCO[Si](C)(C)C(C)(C)C)Cc1occc1C. The smallest absolute Gasteiger partial charge is 0.193 e. The standard InChI is InChI=1S/C21H34O2Si/c1-17(2)19(16-20-18(3)13-15-22-20)12-10-9-11-14-23-24(7,8)21(4,5)6/h13,15,19H,1,10,12,14,16H2,2-8H3. The average molecular weight is 347 g/mol. The van der Waals surface area contributed by atoms with E-state index in [1.165, 1.54) is 11.1 Å². The Balaban J connectivity index is 2.45. The quantitative estimate of drug-likeness (QED) is 0.337. The third kappa shape index (κ3) is 6.34. The highest BCUT2D eigenvalue weighted by molar-refractivity contribution is 6.74. The molecule has 24 heavy (non-hydrogen) atoms. The minimum Gasteiger partial charge on any atom is -0.469 e. The molecule has 0 radical (unpaired) electrons. The molecule has 134 valence electrons. The average Bonchev–Trinajstić information content (AvgIpc) is 2.85. The van der Waals surface area contributed by atoms with Crippen molar-refractivity contribution in [2.24, 2.45) is 5.92 Å². The van der Waals surface area contributed by atoms with Gasteiger partial charge in [-0.05, 0) is 55.9 Å². The molecule has 1 aromatic heterocycles. The van der Waals surface area contributed by atoms with Gasteiger partial charge >= 0.3 is 0 Å². The van der Waals surface area contributed by atoms with Crippen LogP contribution in [0.2, 0.25) is 18.1 Å². The lowest BCUT2D eigenvalue weighted by atomic mass is 9.91. The molecule has 0 N–H and O–H groups in total. The molecule has 0 amide bonds. The van der Waals surface area contributed by atoms with Gasteiger partial charge in [0.15, 0.2) is 8.32 Å². The molecule has 0 aliphatic rings. The van der Waals surface area contributed by atoms with Gasteiger partial charge < -0.3 is 8.84 Å². The van der Waals surface area contributed by atoms with Crippen molar-refractivity contribution in [1.82, 2.24) is 0 Å². The van der Waals surface area contributed by atoms with Crippen LogP contribution in [0.4, 0.5) is 0 Å². The Morgan fingerprint density at radius 2 is 2.00 bits per heavy atom. The topological polar surface area (TPSA) is 22.4 Å². The fraction of sp³-hybridized carbons (Fsp3) is 0.619. The molecule has 1 aromatic rings. The Kier molecular flexibility index (Phi) is 7.57. The summed E-state index contributed by atoms with van der Waals surface area (Å²) in [5, 5.41) is 0.237. The molecule has 3 heteroatoms. The van der Waals surface area contributed by atoms with Gasteiger partial charge in [0.05, 0.1) is 12.9 Å². The van der Waals surface area contributed by atoms with Crippen molar-refractivity contribution in [3.8, 4) is 11.8 Å². The second-order valence-electron chi connectivity index (χ2n) is 8.22. The van der Waals surface area contributed by atoms with Crippen molar-refractivity contribution in [3.05, 3.63) is 35.8 Å². The van der Waals surface area contributed by atoms with Gasteiger partial charge in [0, 0.05) is 12.8 Å². The summed E-state index contributed by atoms with van der Waals surface area (Å²) in [4.78, 5) is 0. The third-order valence-corrected chi connectivity index (χ3v) is 9.63. The zero-order chi connectivity index (χ0) is 18.4. The van der Waals surface area contributed by atoms with E-state index >= 15 is 0 Å². The Labute approximate surface area is 149 Å². The van der Waals surface area contributed by atoms with Crippen LogP contribution in [0, 0.1) is 24.7 Å². The highest BCUT2D eigenvalue weighted by Gasteiger charge is 2.36. The van der Waals surface area contributed by atoms with Crippen LogP contribution in [0.3, 0.4) is 0 Å². The summed E-state index contributed by atoms with van der Waals surface area (Å²) in [6, 6.07) is 2.02. The molecule has 0 fully saturated rings. The van der Waals surface area contributed by atoms with Gasteiger partial charge in [0.25, 0.3) is 0 Å². The summed E-state index contributed by atoms with van der Waals surface area (Å²) < 4.78 is 11.6. The van der Waals surface area contributed by atoms with E-state index < -0.39 is 8.32 Å². The highest BCUT2D eigenvalue weighted by atomic mass is 28.4. The first kappa shape index (κ1) is 20.8. The Bertz CT molecular complexity index is 593. The second-order valence-corrected chi connectivity index (χ2v) is 13.0. The van der Waals surface area contributed by atoms with Gasteiger partial charge in [0.1, 0.15) is 5.76 Å². The van der Waals surface area contributed by atoms with Crippen LogP contribution in [0.15, 0.2) is 28.9 Å². The lowest BCUT2D eigenvalue weighted by Gasteiger charge is -2.35. The summed E-state index contributed by atoms with van der Waals surface area (Å²) in [6.07, 6.45) is 4.56. The van der Waals surface area contributed by atoms with Crippen molar-refractivity contribution >= 4 is 8.32 Å². The molecule has 0 spiro atoms. The van der Waals surface area contributed by atoms with Crippen molar-refractivity contribution in [1.29, 1.82) is 0 Å². The van der Waals surface area contributed by atoms with Gasteiger partial charge in [-0.3, -0.25) is 0 Å². The highest BCUT2D eigenvalue weighted by Crippen LogP contribution is 2.36. The van der Waals surface area contributed by atoms with Gasteiger partial charge in [0.2, 0.25) is 0 Å². The number of hydrogen-bond acceptors (Lipinski definition) is 2. The Morgan fingerprint density at radius 3 is 2.50 bits per heavy atom. The molecule has 0 aliphatic heterocycles. The van der Waals surface area contributed by atoms with E-state index in [2.05, 4.69) is 66.1 Å². The normalized spacial score (nSPS) is 13.3. The van der Waals surface area contributed by atoms with E-state index in [1.54, 1.807) is 6.26 Å². The molecule has 0 saturated heterocycles. The lowest BCUT2D eigenvalue weighted by Crippen LogP contribution is -2.40. The van der Waals surface area contributed by atoms with Gasteiger partial charge in [-0.1, -0.05) is 38.8 Å². The summed E-state index contributed by atoms with van der Waals surface area (Å²) in [5.41, 5.74) is 2.42. The van der Waals surface area contributed by atoms with Crippen LogP contribution in [0.1, 0.15) is 51.9 Å². The zero-order valence-electron chi connectivity index (χ0n) is 16.6. The molecular formula is C21H34O2Si. The van der Waals surface area contributed by atoms with Crippen LogP contribution in [-0.2, 0) is 10.8 Å². The number of allylic oxidation sites excluding steroid dienone is 1. The summed E-state index contributed by atoms with van der Waals surface area (Å²) in [6.45, 7) is 20.1. The lowest BCUT2D eigenvalue weighted by molar-refractivity contribution is 0.334. The first-order chi connectivity index (χ1) is 11.0. The predicted octanol–water partition coefficient (Wildman–Crippen LogP) is 6.13. The van der Waals surface area contributed by atoms with E-state index in [4.69, 9.17) is 8.84 Å². The van der Waals surface area contributed by atoms with E-state index in [-0.39, 0.29) is 5.04 Å². The fourth-order valence-electron chi connectivity index (χ4n) is 2.18. The molecule has 0 aromatic carbocycles. The number of furan rings is 1. The summed E-state index contributed by atoms with van der Waals surface area (Å²) in [7, 11) is -1.68.